The van der Waals surface area contributed by atoms with Crippen LogP contribution in [-0.2, 0) is 0 Å². The van der Waals surface area contributed by atoms with Gasteiger partial charge in [0.2, 0.25) is 0 Å². The summed E-state index contributed by atoms with van der Waals surface area (Å²) in [5.41, 5.74) is 0. The van der Waals surface area contributed by atoms with Gasteiger partial charge in [-0.05, 0) is 6.08 Å². The van der Waals surface area contributed by atoms with Gasteiger partial charge in [-0.15, -0.1) is 11.3 Å². The molecule has 1 aromatic rings. The highest BCUT2D eigenvalue weighted by Gasteiger charge is 1.80. The average Bonchev–Trinajstić information content (AvgIpc) is 2.14. The predicted octanol–water partition coefficient (Wildman–Crippen LogP) is 0.961. The molecule has 0 fully saturated rings. The van der Waals surface area contributed by atoms with E-state index in [1.807, 2.05) is 5.38 Å². The summed E-state index contributed by atoms with van der Waals surface area (Å²) in [6.45, 7) is 3.55. The Kier molecular flexibility index (Phi) is 3.07. The zero-order chi connectivity index (χ0) is 5.11. The van der Waals surface area contributed by atoms with E-state index in [-0.39, 0.29) is 5.48 Å². The minimum absolute atomic E-state index is 0. The summed E-state index contributed by atoms with van der Waals surface area (Å²) in [6.07, 6.45) is 3.51. The molecule has 0 saturated heterocycles. The molecule has 0 amide bonds. The summed E-state index contributed by atoms with van der Waals surface area (Å²) >= 11 is 1.59. The van der Waals surface area contributed by atoms with Crippen LogP contribution >= 0.6 is 11.3 Å². The molecular formula is C5H7NOS. The molecule has 0 aromatic carbocycles. The maximum Gasteiger partial charge on any atom is 0.115 e. The van der Waals surface area contributed by atoms with Gasteiger partial charge < -0.3 is 5.48 Å². The maximum absolute atomic E-state index is 3.94. The summed E-state index contributed by atoms with van der Waals surface area (Å²) in [5, 5.41) is 2.91. The van der Waals surface area contributed by atoms with Crippen molar-refractivity contribution in [3.63, 3.8) is 0 Å². The second-order valence-corrected chi connectivity index (χ2v) is 2.00. The zero-order valence-electron chi connectivity index (χ0n) is 4.29. The van der Waals surface area contributed by atoms with Crippen LogP contribution in [0.5, 0.6) is 0 Å². The predicted molar refractivity (Wildman–Crippen MR) is 35.8 cm³/mol. The number of rotatable bonds is 1. The standard InChI is InChI=1S/C5H5NS.H2O/c1-2-5-6-3-4-7-5;/h2-4H,1H2;1H2. The molecule has 1 aromatic heterocycles. The van der Waals surface area contributed by atoms with Crippen molar-refractivity contribution >= 4 is 17.4 Å². The van der Waals surface area contributed by atoms with Crippen molar-refractivity contribution in [3.05, 3.63) is 23.2 Å². The minimum atomic E-state index is 0. The molecule has 2 nitrogen and oxygen atoms in total. The van der Waals surface area contributed by atoms with E-state index in [1.165, 1.54) is 0 Å². The van der Waals surface area contributed by atoms with Crippen molar-refractivity contribution < 1.29 is 5.48 Å². The monoisotopic (exact) mass is 129 g/mol. The lowest BCUT2D eigenvalue weighted by Gasteiger charge is -1.70. The Hall–Kier alpha value is -0.670. The van der Waals surface area contributed by atoms with Gasteiger partial charge in [-0.25, -0.2) is 4.98 Å². The Balaban J connectivity index is 0.000000490. The van der Waals surface area contributed by atoms with Gasteiger partial charge in [0.05, 0.1) is 0 Å². The highest BCUT2D eigenvalue weighted by atomic mass is 32.1. The molecule has 0 aliphatic rings. The van der Waals surface area contributed by atoms with Gasteiger partial charge in [-0.2, -0.15) is 0 Å². The van der Waals surface area contributed by atoms with Crippen LogP contribution in [0.15, 0.2) is 18.2 Å². The van der Waals surface area contributed by atoms with E-state index in [9.17, 15) is 0 Å². The lowest BCUT2D eigenvalue weighted by atomic mass is 10.7. The van der Waals surface area contributed by atoms with Crippen molar-refractivity contribution in [1.29, 1.82) is 0 Å². The molecule has 3 heteroatoms. The molecule has 0 saturated carbocycles. The smallest absolute Gasteiger partial charge is 0.115 e. The molecule has 2 N–H and O–H groups in total. The summed E-state index contributed by atoms with van der Waals surface area (Å²) < 4.78 is 0. The third kappa shape index (κ3) is 1.44. The molecule has 1 rings (SSSR count). The first kappa shape index (κ1) is 7.33. The van der Waals surface area contributed by atoms with Crippen LogP contribution in [0.4, 0.5) is 0 Å². The molecule has 0 bridgehead atoms. The third-order valence-corrected chi connectivity index (χ3v) is 1.40. The van der Waals surface area contributed by atoms with Crippen molar-refractivity contribution in [1.82, 2.24) is 4.98 Å². The van der Waals surface area contributed by atoms with Crippen LogP contribution in [0, 0.1) is 0 Å². The largest absolute Gasteiger partial charge is 0.412 e. The van der Waals surface area contributed by atoms with E-state index in [0.717, 1.165) is 5.01 Å². The lowest BCUT2D eigenvalue weighted by molar-refractivity contribution is 0.824. The summed E-state index contributed by atoms with van der Waals surface area (Å²) in [7, 11) is 0. The SMILES string of the molecule is C=Cc1nccs1.O. The fraction of sp³-hybridized carbons (Fsp3) is 0. The molecule has 0 aliphatic carbocycles. The quantitative estimate of drug-likeness (QED) is 0.557. The van der Waals surface area contributed by atoms with Gasteiger partial charge in [-0.3, -0.25) is 0 Å². The third-order valence-electron chi connectivity index (χ3n) is 0.626. The van der Waals surface area contributed by atoms with Gasteiger partial charge >= 0.3 is 0 Å². The minimum Gasteiger partial charge on any atom is -0.412 e. The van der Waals surface area contributed by atoms with Gasteiger partial charge in [0.1, 0.15) is 5.01 Å². The molecule has 0 spiro atoms. The van der Waals surface area contributed by atoms with Crippen LogP contribution < -0.4 is 0 Å². The van der Waals surface area contributed by atoms with Crippen LogP contribution in [0.25, 0.3) is 6.08 Å². The molecule has 44 valence electrons. The summed E-state index contributed by atoms with van der Waals surface area (Å²) in [4.78, 5) is 3.94. The molecule has 0 radical (unpaired) electrons. The van der Waals surface area contributed by atoms with E-state index in [2.05, 4.69) is 11.6 Å². The highest BCUT2D eigenvalue weighted by molar-refractivity contribution is 7.10. The normalized spacial score (nSPS) is 7.50. The Morgan fingerprint density at radius 2 is 2.50 bits per heavy atom. The van der Waals surface area contributed by atoms with Crippen LogP contribution in [0.3, 0.4) is 0 Å². The van der Waals surface area contributed by atoms with Gasteiger partial charge in [-0.1, -0.05) is 6.58 Å². The van der Waals surface area contributed by atoms with Crippen molar-refractivity contribution in [2.45, 2.75) is 0 Å². The number of hydrogen-bond acceptors (Lipinski definition) is 2. The van der Waals surface area contributed by atoms with Gasteiger partial charge in [0.15, 0.2) is 0 Å². The Morgan fingerprint density at radius 3 is 2.75 bits per heavy atom. The number of nitrogens with zero attached hydrogens (tertiary/aromatic N) is 1. The molecule has 8 heavy (non-hydrogen) atoms. The van der Waals surface area contributed by atoms with E-state index in [0.29, 0.717) is 0 Å². The van der Waals surface area contributed by atoms with Gasteiger partial charge in [0, 0.05) is 11.6 Å². The number of thiazole rings is 1. The first-order chi connectivity index (χ1) is 3.43. The first-order valence-electron chi connectivity index (χ1n) is 1.95. The van der Waals surface area contributed by atoms with E-state index in [4.69, 9.17) is 0 Å². The van der Waals surface area contributed by atoms with E-state index >= 15 is 0 Å². The Labute approximate surface area is 51.8 Å². The second kappa shape index (κ2) is 3.35. The fourth-order valence-corrected chi connectivity index (χ4v) is 0.814. The van der Waals surface area contributed by atoms with Crippen molar-refractivity contribution in [2.75, 3.05) is 0 Å². The molecular weight excluding hydrogens is 122 g/mol. The summed E-state index contributed by atoms with van der Waals surface area (Å²) in [6, 6.07) is 0. The summed E-state index contributed by atoms with van der Waals surface area (Å²) in [5.74, 6) is 0. The van der Waals surface area contributed by atoms with Crippen molar-refractivity contribution in [2.24, 2.45) is 0 Å². The fourth-order valence-electron chi connectivity index (χ4n) is 0.335. The van der Waals surface area contributed by atoms with Crippen LogP contribution in [-0.4, -0.2) is 10.5 Å². The molecule has 0 unspecified atom stereocenters. The number of hydrogen-bond donors (Lipinski definition) is 0. The molecule has 1 heterocycles. The second-order valence-electron chi connectivity index (χ2n) is 1.07. The lowest BCUT2D eigenvalue weighted by Crippen LogP contribution is -1.58. The molecule has 0 atom stereocenters. The van der Waals surface area contributed by atoms with Gasteiger partial charge in [0.25, 0.3) is 0 Å². The topological polar surface area (TPSA) is 44.4 Å². The number of aromatic nitrogens is 1. The molecule has 0 aliphatic heterocycles. The average molecular weight is 129 g/mol. The van der Waals surface area contributed by atoms with Crippen LogP contribution in [0.1, 0.15) is 5.01 Å². The zero-order valence-corrected chi connectivity index (χ0v) is 5.11. The first-order valence-corrected chi connectivity index (χ1v) is 2.83. The maximum atomic E-state index is 3.94. The Morgan fingerprint density at radius 1 is 1.75 bits per heavy atom. The highest BCUT2D eigenvalue weighted by Crippen LogP contribution is 2.03. The van der Waals surface area contributed by atoms with E-state index in [1.54, 1.807) is 23.6 Å². The van der Waals surface area contributed by atoms with Crippen LogP contribution in [0.2, 0.25) is 0 Å². The Bertz CT molecular complexity index is 147. The van der Waals surface area contributed by atoms with Crippen molar-refractivity contribution in [3.8, 4) is 0 Å². The van der Waals surface area contributed by atoms with E-state index < -0.39 is 0 Å².